The van der Waals surface area contributed by atoms with Crippen LogP contribution >= 0.6 is 0 Å². The van der Waals surface area contributed by atoms with Crippen LogP contribution < -0.4 is 0 Å². The number of fused-ring (bicyclic) bond motifs is 1. The first-order valence-electron chi connectivity index (χ1n) is 9.07. The van der Waals surface area contributed by atoms with Crippen LogP contribution in [-0.4, -0.2) is 47.7 Å². The Morgan fingerprint density at radius 3 is 2.56 bits per heavy atom. The number of hydrogen-bond donors (Lipinski definition) is 1. The van der Waals surface area contributed by atoms with Crippen LogP contribution in [0.5, 0.6) is 0 Å². The predicted molar refractivity (Wildman–Crippen MR) is 105 cm³/mol. The molecule has 2 heterocycles. The van der Waals surface area contributed by atoms with E-state index in [9.17, 15) is 9.59 Å². The molecule has 0 radical (unpaired) electrons. The number of ether oxygens (including phenoxy) is 2. The highest BCUT2D eigenvalue weighted by Gasteiger charge is 2.24. The van der Waals surface area contributed by atoms with Gasteiger partial charge in [-0.3, -0.25) is 0 Å². The Labute approximate surface area is 159 Å². The number of aryl methyl sites for hydroxylation is 1. The lowest BCUT2D eigenvalue weighted by molar-refractivity contribution is 0.0270. The average molecular weight is 370 g/mol. The first-order valence-corrected chi connectivity index (χ1v) is 9.07. The monoisotopic (exact) mass is 370 g/mol. The Morgan fingerprint density at radius 1 is 1.22 bits per heavy atom. The molecule has 3 rings (SSSR count). The highest BCUT2D eigenvalue weighted by atomic mass is 16.6. The van der Waals surface area contributed by atoms with E-state index in [1.54, 1.807) is 4.90 Å². The molecule has 1 aliphatic rings. The summed E-state index contributed by atoms with van der Waals surface area (Å²) in [5, 5.41) is 1.00. The van der Waals surface area contributed by atoms with Crippen molar-refractivity contribution in [3.05, 3.63) is 41.1 Å². The molecule has 1 aromatic carbocycles. The summed E-state index contributed by atoms with van der Waals surface area (Å²) in [6.45, 7) is 8.67. The third kappa shape index (κ3) is 3.99. The summed E-state index contributed by atoms with van der Waals surface area (Å²) in [6, 6.07) is 6.10. The fraction of sp³-hybridized carbons (Fsp3) is 0.429. The number of H-pyrrole nitrogens is 1. The van der Waals surface area contributed by atoms with Crippen molar-refractivity contribution in [1.29, 1.82) is 0 Å². The second kappa shape index (κ2) is 7.10. The van der Waals surface area contributed by atoms with E-state index in [2.05, 4.69) is 17.1 Å². The number of hydrogen-bond acceptors (Lipinski definition) is 4. The second-order valence-electron chi connectivity index (χ2n) is 7.78. The highest BCUT2D eigenvalue weighted by Crippen LogP contribution is 2.29. The summed E-state index contributed by atoms with van der Waals surface area (Å²) >= 11 is 0. The van der Waals surface area contributed by atoms with Gasteiger partial charge >= 0.3 is 12.1 Å². The number of carbonyl (C=O) groups excluding carboxylic acids is 2. The third-order valence-corrected chi connectivity index (χ3v) is 4.68. The van der Waals surface area contributed by atoms with Gasteiger partial charge in [-0.2, -0.15) is 0 Å². The summed E-state index contributed by atoms with van der Waals surface area (Å²) in [6.07, 6.45) is 2.55. The van der Waals surface area contributed by atoms with Crippen molar-refractivity contribution in [2.75, 3.05) is 20.2 Å². The van der Waals surface area contributed by atoms with Gasteiger partial charge in [0.05, 0.1) is 7.11 Å². The van der Waals surface area contributed by atoms with Crippen molar-refractivity contribution >= 4 is 28.5 Å². The molecule has 0 atom stereocenters. The number of nitrogens with zero attached hydrogens (tertiary/aromatic N) is 1. The van der Waals surface area contributed by atoms with E-state index in [1.807, 2.05) is 39.8 Å². The molecule has 0 bridgehead atoms. The number of aromatic nitrogens is 1. The largest absolute Gasteiger partial charge is 0.464 e. The maximum Gasteiger partial charge on any atom is 0.410 e. The van der Waals surface area contributed by atoms with E-state index in [0.29, 0.717) is 18.8 Å². The standard InChI is InChI=1S/C21H26N2O4/c1-13-16-12-15(6-7-17(16)22-18(13)19(24)26-5)14-8-10-23(11-9-14)20(25)27-21(2,3)4/h6-8,12,22H,9-11H2,1-5H3. The molecule has 0 saturated carbocycles. The van der Waals surface area contributed by atoms with Crippen molar-refractivity contribution in [3.63, 3.8) is 0 Å². The topological polar surface area (TPSA) is 71.6 Å². The van der Waals surface area contributed by atoms with Crippen LogP contribution in [0.3, 0.4) is 0 Å². The van der Waals surface area contributed by atoms with E-state index in [0.717, 1.165) is 28.5 Å². The van der Waals surface area contributed by atoms with Crippen molar-refractivity contribution < 1.29 is 19.1 Å². The molecule has 0 unspecified atom stereocenters. The number of rotatable bonds is 2. The Bertz CT molecular complexity index is 918. The first kappa shape index (κ1) is 19.0. The summed E-state index contributed by atoms with van der Waals surface area (Å²) in [5.74, 6) is -0.366. The van der Waals surface area contributed by atoms with Gasteiger partial charge in [0.15, 0.2) is 0 Å². The van der Waals surface area contributed by atoms with Crippen LogP contribution in [0.1, 0.15) is 48.8 Å². The van der Waals surface area contributed by atoms with Gasteiger partial charge in [-0.15, -0.1) is 0 Å². The number of methoxy groups -OCH3 is 1. The molecule has 6 nitrogen and oxygen atoms in total. The SMILES string of the molecule is COC(=O)c1[nH]c2ccc(C3=CCN(C(=O)OC(C)(C)C)CC3)cc2c1C. The third-order valence-electron chi connectivity index (χ3n) is 4.68. The summed E-state index contributed by atoms with van der Waals surface area (Å²) < 4.78 is 10.3. The van der Waals surface area contributed by atoms with Crippen molar-refractivity contribution in [3.8, 4) is 0 Å². The Balaban J connectivity index is 1.81. The van der Waals surface area contributed by atoms with E-state index in [-0.39, 0.29) is 12.1 Å². The molecule has 1 amide bonds. The maximum atomic E-state index is 12.2. The van der Waals surface area contributed by atoms with Gasteiger partial charge in [0.2, 0.25) is 0 Å². The van der Waals surface area contributed by atoms with E-state index in [1.165, 1.54) is 12.7 Å². The number of carbonyl (C=O) groups is 2. The zero-order chi connectivity index (χ0) is 19.8. The molecule has 0 fully saturated rings. The molecule has 0 saturated heterocycles. The van der Waals surface area contributed by atoms with Gasteiger partial charge < -0.3 is 19.4 Å². The summed E-state index contributed by atoms with van der Waals surface area (Å²) in [4.78, 5) is 28.9. The van der Waals surface area contributed by atoms with Crippen LogP contribution in [0, 0.1) is 6.92 Å². The number of esters is 1. The lowest BCUT2D eigenvalue weighted by atomic mass is 9.97. The minimum atomic E-state index is -0.491. The average Bonchev–Trinajstić information content (AvgIpc) is 2.96. The van der Waals surface area contributed by atoms with E-state index < -0.39 is 5.60 Å². The lowest BCUT2D eigenvalue weighted by Crippen LogP contribution is -2.39. The maximum absolute atomic E-state index is 12.2. The summed E-state index contributed by atoms with van der Waals surface area (Å²) in [5.41, 5.74) is 4.07. The zero-order valence-corrected chi connectivity index (χ0v) is 16.5. The van der Waals surface area contributed by atoms with Crippen molar-refractivity contribution in [2.24, 2.45) is 0 Å². The van der Waals surface area contributed by atoms with Gasteiger partial charge in [-0.1, -0.05) is 12.1 Å². The van der Waals surface area contributed by atoms with Crippen molar-refractivity contribution in [2.45, 2.75) is 39.7 Å². The number of amides is 1. The molecule has 6 heteroatoms. The first-order chi connectivity index (χ1) is 12.7. The van der Waals surface area contributed by atoms with Gasteiger partial charge in [-0.05, 0) is 62.9 Å². The van der Waals surface area contributed by atoms with Crippen LogP contribution in [0.25, 0.3) is 16.5 Å². The fourth-order valence-electron chi connectivity index (χ4n) is 3.26. The molecule has 1 aliphatic heterocycles. The Hall–Kier alpha value is -2.76. The van der Waals surface area contributed by atoms with Crippen LogP contribution in [-0.2, 0) is 9.47 Å². The minimum absolute atomic E-state index is 0.280. The second-order valence-corrected chi connectivity index (χ2v) is 7.78. The number of benzene rings is 1. The van der Waals surface area contributed by atoms with Gasteiger partial charge in [-0.25, -0.2) is 9.59 Å². The van der Waals surface area contributed by atoms with Gasteiger partial charge in [0.1, 0.15) is 11.3 Å². The molecule has 0 aliphatic carbocycles. The quantitative estimate of drug-likeness (QED) is 0.801. The summed E-state index contributed by atoms with van der Waals surface area (Å²) in [7, 11) is 1.38. The fourth-order valence-corrected chi connectivity index (χ4v) is 3.26. The minimum Gasteiger partial charge on any atom is -0.464 e. The predicted octanol–water partition coefficient (Wildman–Crippen LogP) is 4.29. The van der Waals surface area contributed by atoms with Gasteiger partial charge in [0.25, 0.3) is 0 Å². The molecule has 27 heavy (non-hydrogen) atoms. The molecule has 144 valence electrons. The molecular weight excluding hydrogens is 344 g/mol. The normalized spacial score (nSPS) is 14.9. The lowest BCUT2D eigenvalue weighted by Gasteiger charge is -2.29. The highest BCUT2D eigenvalue weighted by molar-refractivity contribution is 5.99. The molecular formula is C21H26N2O4. The molecule has 1 aromatic heterocycles. The Morgan fingerprint density at radius 2 is 1.96 bits per heavy atom. The molecule has 1 N–H and O–H groups in total. The van der Waals surface area contributed by atoms with Gasteiger partial charge in [0, 0.05) is 24.0 Å². The molecule has 0 spiro atoms. The van der Waals surface area contributed by atoms with Crippen molar-refractivity contribution in [1.82, 2.24) is 9.88 Å². The van der Waals surface area contributed by atoms with Crippen LogP contribution in [0.2, 0.25) is 0 Å². The Kier molecular flexibility index (Phi) is 5.00. The number of nitrogens with one attached hydrogen (secondary N) is 1. The van der Waals surface area contributed by atoms with E-state index in [4.69, 9.17) is 9.47 Å². The zero-order valence-electron chi connectivity index (χ0n) is 16.5. The van der Waals surface area contributed by atoms with Crippen LogP contribution in [0.4, 0.5) is 4.79 Å². The molecule has 2 aromatic rings. The number of aromatic amines is 1. The smallest absolute Gasteiger partial charge is 0.410 e. The van der Waals surface area contributed by atoms with Crippen LogP contribution in [0.15, 0.2) is 24.3 Å². The van der Waals surface area contributed by atoms with E-state index >= 15 is 0 Å².